The zero-order valence-corrected chi connectivity index (χ0v) is 19.9. The summed E-state index contributed by atoms with van der Waals surface area (Å²) in [5, 5.41) is 7.02. The van der Waals surface area contributed by atoms with Crippen molar-refractivity contribution in [2.75, 3.05) is 38.3 Å². The molecule has 1 aliphatic heterocycles. The molecular weight excluding hydrogens is 454 g/mol. The number of anilines is 1. The smallest absolute Gasteiger partial charge is 0.254 e. The van der Waals surface area contributed by atoms with Gasteiger partial charge in [-0.05, 0) is 46.7 Å². The molecule has 180 valence electrons. The summed E-state index contributed by atoms with van der Waals surface area (Å²) in [6.07, 6.45) is 5.36. The van der Waals surface area contributed by atoms with Gasteiger partial charge < -0.3 is 14.4 Å². The molecule has 1 saturated heterocycles. The zero-order chi connectivity index (χ0) is 24.3. The van der Waals surface area contributed by atoms with Crippen molar-refractivity contribution >= 4 is 28.6 Å². The highest BCUT2D eigenvalue weighted by Crippen LogP contribution is 2.23. The number of benzene rings is 2. The Balaban J connectivity index is 1.31. The number of aliphatic imine (C=N–C) groups is 1. The van der Waals surface area contributed by atoms with Gasteiger partial charge in [0.05, 0.1) is 32.6 Å². The van der Waals surface area contributed by atoms with Crippen LogP contribution in [0.15, 0.2) is 72.0 Å². The average Bonchev–Trinajstić information content (AvgIpc) is 3.37. The highest BCUT2D eigenvalue weighted by atomic mass is 16.5. The molecule has 1 fully saturated rings. The van der Waals surface area contributed by atoms with E-state index in [9.17, 15) is 0 Å². The number of fused-ring (bicyclic) bond motifs is 2. The number of hydrogen-bond acceptors (Lipinski definition) is 8. The zero-order valence-electron chi connectivity index (χ0n) is 19.9. The Morgan fingerprint density at radius 2 is 1.78 bits per heavy atom. The molecule has 0 spiro atoms. The summed E-state index contributed by atoms with van der Waals surface area (Å²) in [5.41, 5.74) is 2.76. The molecule has 0 atom stereocenters. The first kappa shape index (κ1) is 22.1. The summed E-state index contributed by atoms with van der Waals surface area (Å²) in [6.45, 7) is 3.36. The van der Waals surface area contributed by atoms with Gasteiger partial charge in [-0.25, -0.2) is 4.98 Å². The third kappa shape index (κ3) is 4.48. The number of nitrogens with zero attached hydrogens (tertiary/aromatic N) is 7. The number of ether oxygens (including phenoxy) is 2. The summed E-state index contributed by atoms with van der Waals surface area (Å²) < 4.78 is 12.7. The van der Waals surface area contributed by atoms with Crippen molar-refractivity contribution in [3.63, 3.8) is 0 Å². The maximum Gasteiger partial charge on any atom is 0.254 e. The minimum atomic E-state index is 0.436. The molecule has 0 saturated carbocycles. The molecule has 3 aromatic heterocycles. The van der Waals surface area contributed by atoms with Gasteiger partial charge in [0, 0.05) is 43.3 Å². The van der Waals surface area contributed by atoms with Crippen molar-refractivity contribution < 1.29 is 9.47 Å². The number of pyridine rings is 1. The molecule has 0 amide bonds. The lowest BCUT2D eigenvalue weighted by molar-refractivity contribution is 0.122. The maximum absolute atomic E-state index is 5.56. The van der Waals surface area contributed by atoms with Crippen molar-refractivity contribution in [3.05, 3.63) is 78.2 Å². The first-order valence-corrected chi connectivity index (χ1v) is 11.8. The lowest BCUT2D eigenvalue weighted by Gasteiger charge is -2.28. The lowest BCUT2D eigenvalue weighted by Crippen LogP contribution is -2.37. The first-order valence-electron chi connectivity index (χ1n) is 11.8. The van der Waals surface area contributed by atoms with Crippen LogP contribution in [0.5, 0.6) is 5.75 Å². The minimum absolute atomic E-state index is 0.436. The Bertz CT molecular complexity index is 1540. The predicted molar refractivity (Wildman–Crippen MR) is 139 cm³/mol. The third-order valence-electron chi connectivity index (χ3n) is 6.19. The number of rotatable bonds is 6. The Morgan fingerprint density at radius 3 is 2.61 bits per heavy atom. The summed E-state index contributed by atoms with van der Waals surface area (Å²) >= 11 is 0. The van der Waals surface area contributed by atoms with E-state index in [-0.39, 0.29) is 0 Å². The highest BCUT2D eigenvalue weighted by Gasteiger charge is 2.19. The topological polar surface area (TPSA) is 90.0 Å². The van der Waals surface area contributed by atoms with E-state index >= 15 is 0 Å². The van der Waals surface area contributed by atoms with Crippen LogP contribution in [-0.2, 0) is 11.3 Å². The van der Waals surface area contributed by atoms with E-state index in [1.807, 2.05) is 41.1 Å². The molecule has 0 radical (unpaired) electrons. The fraction of sp³-hybridized carbons (Fsp3) is 0.222. The summed E-state index contributed by atoms with van der Waals surface area (Å²) in [7, 11) is 1.68. The Labute approximate surface area is 208 Å². The molecule has 2 aromatic carbocycles. The lowest BCUT2D eigenvalue weighted by atomic mass is 10.1. The molecular formula is C27H25N7O2. The Kier molecular flexibility index (Phi) is 5.96. The number of hydrogen-bond donors (Lipinski definition) is 0. The normalized spacial score (nSPS) is 14.2. The molecule has 9 heteroatoms. The van der Waals surface area contributed by atoms with Crippen molar-refractivity contribution in [1.82, 2.24) is 24.6 Å². The van der Waals surface area contributed by atoms with E-state index in [4.69, 9.17) is 24.5 Å². The average molecular weight is 480 g/mol. The van der Waals surface area contributed by atoms with E-state index in [0.717, 1.165) is 52.3 Å². The quantitative estimate of drug-likeness (QED) is 0.342. The summed E-state index contributed by atoms with van der Waals surface area (Å²) in [5.74, 6) is 2.96. The molecule has 0 bridgehead atoms. The molecule has 0 aliphatic carbocycles. The van der Waals surface area contributed by atoms with Crippen LogP contribution in [0.3, 0.4) is 0 Å². The second kappa shape index (κ2) is 9.71. The molecule has 1 aliphatic rings. The van der Waals surface area contributed by atoms with Crippen LogP contribution in [0.4, 0.5) is 5.82 Å². The van der Waals surface area contributed by atoms with Crippen LogP contribution in [0.1, 0.15) is 11.3 Å². The molecule has 36 heavy (non-hydrogen) atoms. The SMILES string of the molecule is COc1ccc2cc(C=NCc3cc(N4CCOCC4)n4nc(-c5ccncc5)nc4n3)ccc2c1. The van der Waals surface area contributed by atoms with E-state index in [0.29, 0.717) is 31.4 Å². The van der Waals surface area contributed by atoms with E-state index in [1.54, 1.807) is 19.5 Å². The van der Waals surface area contributed by atoms with Crippen LogP contribution in [0.25, 0.3) is 27.9 Å². The van der Waals surface area contributed by atoms with E-state index in [2.05, 4.69) is 39.1 Å². The van der Waals surface area contributed by atoms with Crippen LogP contribution >= 0.6 is 0 Å². The van der Waals surface area contributed by atoms with Gasteiger partial charge in [-0.2, -0.15) is 9.50 Å². The van der Waals surface area contributed by atoms with Gasteiger partial charge in [0.25, 0.3) is 5.78 Å². The fourth-order valence-electron chi connectivity index (χ4n) is 4.32. The van der Waals surface area contributed by atoms with Crippen LogP contribution in [-0.4, -0.2) is 64.2 Å². The second-order valence-corrected chi connectivity index (χ2v) is 8.53. The van der Waals surface area contributed by atoms with Gasteiger partial charge in [0.2, 0.25) is 0 Å². The maximum atomic E-state index is 5.56. The third-order valence-corrected chi connectivity index (χ3v) is 6.19. The Morgan fingerprint density at radius 1 is 0.972 bits per heavy atom. The van der Waals surface area contributed by atoms with Gasteiger partial charge in [-0.15, -0.1) is 5.10 Å². The Hall–Kier alpha value is -4.37. The molecule has 0 N–H and O–H groups in total. The van der Waals surface area contributed by atoms with Crippen LogP contribution < -0.4 is 9.64 Å². The summed E-state index contributed by atoms with van der Waals surface area (Å²) in [4.78, 5) is 20.5. The van der Waals surface area contributed by atoms with Crippen molar-refractivity contribution in [1.29, 1.82) is 0 Å². The number of morpholine rings is 1. The minimum Gasteiger partial charge on any atom is -0.497 e. The molecule has 4 heterocycles. The molecule has 0 unspecified atom stereocenters. The first-order chi connectivity index (χ1) is 17.8. The number of methoxy groups -OCH3 is 1. The molecule has 5 aromatic rings. The van der Waals surface area contributed by atoms with Gasteiger partial charge in [0.1, 0.15) is 11.6 Å². The van der Waals surface area contributed by atoms with E-state index in [1.165, 1.54) is 0 Å². The van der Waals surface area contributed by atoms with Gasteiger partial charge >= 0.3 is 0 Å². The van der Waals surface area contributed by atoms with Crippen LogP contribution in [0, 0.1) is 0 Å². The predicted octanol–water partition coefficient (Wildman–Crippen LogP) is 3.80. The van der Waals surface area contributed by atoms with Crippen LogP contribution in [0.2, 0.25) is 0 Å². The van der Waals surface area contributed by atoms with Crippen molar-refractivity contribution in [2.45, 2.75) is 6.54 Å². The number of aromatic nitrogens is 5. The molecule has 9 nitrogen and oxygen atoms in total. The fourth-order valence-corrected chi connectivity index (χ4v) is 4.32. The van der Waals surface area contributed by atoms with Crippen molar-refractivity contribution in [2.24, 2.45) is 4.99 Å². The van der Waals surface area contributed by atoms with Gasteiger partial charge in [0.15, 0.2) is 5.82 Å². The highest BCUT2D eigenvalue weighted by molar-refractivity contribution is 5.91. The standard InChI is InChI=1S/C27H25N7O2/c1-35-24-5-4-21-14-19(2-3-22(21)15-24)17-29-18-23-16-25(33-10-12-36-13-11-33)34-27(30-23)31-26(32-34)20-6-8-28-9-7-20/h2-9,14-17H,10-13,18H2,1H3. The largest absolute Gasteiger partial charge is 0.497 e. The van der Waals surface area contributed by atoms with Gasteiger partial charge in [-0.1, -0.05) is 18.2 Å². The second-order valence-electron chi connectivity index (χ2n) is 8.53. The van der Waals surface area contributed by atoms with Gasteiger partial charge in [-0.3, -0.25) is 9.98 Å². The summed E-state index contributed by atoms with van der Waals surface area (Å²) in [6, 6.07) is 18.2. The monoisotopic (exact) mass is 479 g/mol. The van der Waals surface area contributed by atoms with Crippen molar-refractivity contribution in [3.8, 4) is 17.1 Å². The molecule has 6 rings (SSSR count). The van der Waals surface area contributed by atoms with E-state index < -0.39 is 0 Å².